The van der Waals surface area contributed by atoms with Crippen LogP contribution in [0.1, 0.15) is 18.4 Å². The van der Waals surface area contributed by atoms with Gasteiger partial charge < -0.3 is 14.2 Å². The highest BCUT2D eigenvalue weighted by Crippen LogP contribution is 2.55. The summed E-state index contributed by atoms with van der Waals surface area (Å²) in [5.41, 5.74) is -0.261. The molecule has 0 spiro atoms. The van der Waals surface area contributed by atoms with E-state index in [0.29, 0.717) is 23.6 Å². The highest BCUT2D eigenvalue weighted by Gasteiger charge is 2.68. The Hall–Kier alpha value is -1.88. The SMILES string of the molecule is N#CC12OC1C(C1CC(=S(=O)=O)CCO1)Oc1ccccc12. The zero-order valence-corrected chi connectivity index (χ0v) is 12.4. The monoisotopic (exact) mass is 319 g/mol. The molecule has 3 aliphatic heterocycles. The molecule has 4 atom stereocenters. The van der Waals surface area contributed by atoms with Crippen LogP contribution < -0.4 is 4.74 Å². The zero-order valence-electron chi connectivity index (χ0n) is 11.6. The van der Waals surface area contributed by atoms with Gasteiger partial charge in [0.05, 0.1) is 11.5 Å². The molecule has 1 aromatic carbocycles. The lowest BCUT2D eigenvalue weighted by atomic mass is 9.87. The molecule has 114 valence electrons. The first-order valence-corrected chi connectivity index (χ1v) is 8.14. The number of epoxide rings is 1. The minimum absolute atomic E-state index is 0.282. The average Bonchev–Trinajstić information content (AvgIpc) is 3.30. The molecule has 0 aromatic heterocycles. The molecular formula is C15H13NO5S. The van der Waals surface area contributed by atoms with Crippen molar-refractivity contribution >= 4 is 15.2 Å². The van der Waals surface area contributed by atoms with Gasteiger partial charge in [-0.1, -0.05) is 18.2 Å². The third-order valence-corrected chi connectivity index (χ3v) is 5.26. The summed E-state index contributed by atoms with van der Waals surface area (Å²) in [6.45, 7) is 0.335. The molecule has 6 nitrogen and oxygen atoms in total. The molecule has 2 saturated heterocycles. The van der Waals surface area contributed by atoms with Crippen molar-refractivity contribution < 1.29 is 22.6 Å². The fourth-order valence-corrected chi connectivity index (χ4v) is 3.81. The van der Waals surface area contributed by atoms with E-state index in [2.05, 4.69) is 6.07 Å². The predicted octanol–water partition coefficient (Wildman–Crippen LogP) is 0.796. The molecule has 1 aromatic rings. The predicted molar refractivity (Wildman–Crippen MR) is 75.9 cm³/mol. The third-order valence-electron chi connectivity index (χ3n) is 4.41. The van der Waals surface area contributed by atoms with Gasteiger partial charge in [-0.2, -0.15) is 13.7 Å². The minimum Gasteiger partial charge on any atom is -0.484 e. The smallest absolute Gasteiger partial charge is 0.213 e. The van der Waals surface area contributed by atoms with E-state index in [4.69, 9.17) is 14.2 Å². The second-order valence-electron chi connectivity index (χ2n) is 5.60. The van der Waals surface area contributed by atoms with E-state index in [1.807, 2.05) is 18.2 Å². The Morgan fingerprint density at radius 2 is 2.14 bits per heavy atom. The Morgan fingerprint density at radius 3 is 2.91 bits per heavy atom. The summed E-state index contributed by atoms with van der Waals surface area (Å²) in [6, 6.07) is 9.50. The van der Waals surface area contributed by atoms with Crippen LogP contribution >= 0.6 is 0 Å². The van der Waals surface area contributed by atoms with Gasteiger partial charge in [0.1, 0.15) is 24.0 Å². The Morgan fingerprint density at radius 1 is 1.32 bits per heavy atom. The van der Waals surface area contributed by atoms with Crippen molar-refractivity contribution in [1.82, 2.24) is 0 Å². The first kappa shape index (κ1) is 13.8. The number of nitriles is 1. The summed E-state index contributed by atoms with van der Waals surface area (Å²) in [4.78, 5) is 0.432. The Kier molecular flexibility index (Phi) is 3.01. The molecule has 0 amide bonds. The van der Waals surface area contributed by atoms with E-state index in [-0.39, 0.29) is 6.42 Å². The van der Waals surface area contributed by atoms with Crippen LogP contribution in [0.25, 0.3) is 0 Å². The molecule has 3 heterocycles. The summed E-state index contributed by atoms with van der Waals surface area (Å²) in [5, 5.41) is 9.52. The normalized spacial score (nSPS) is 35.6. The quantitative estimate of drug-likeness (QED) is 0.562. The molecule has 0 radical (unpaired) electrons. The molecule has 0 bridgehead atoms. The second kappa shape index (κ2) is 4.81. The molecule has 22 heavy (non-hydrogen) atoms. The Labute approximate surface area is 128 Å². The number of nitrogens with zero attached hydrogens (tertiary/aromatic N) is 1. The van der Waals surface area contributed by atoms with Crippen molar-refractivity contribution in [2.24, 2.45) is 0 Å². The van der Waals surface area contributed by atoms with E-state index >= 15 is 0 Å². The molecular weight excluding hydrogens is 306 g/mol. The van der Waals surface area contributed by atoms with E-state index in [1.54, 1.807) is 6.07 Å². The first-order valence-electron chi connectivity index (χ1n) is 7.06. The Bertz CT molecular complexity index is 803. The molecule has 4 rings (SSSR count). The Balaban J connectivity index is 1.69. The van der Waals surface area contributed by atoms with Crippen molar-refractivity contribution in [2.45, 2.75) is 36.8 Å². The van der Waals surface area contributed by atoms with Crippen LogP contribution in [0.15, 0.2) is 24.3 Å². The van der Waals surface area contributed by atoms with Gasteiger partial charge >= 0.3 is 0 Å². The maximum atomic E-state index is 11.2. The second-order valence-corrected chi connectivity index (χ2v) is 6.65. The van der Waals surface area contributed by atoms with Crippen LogP contribution in [0, 0.1) is 11.3 Å². The van der Waals surface area contributed by atoms with Crippen LogP contribution in [-0.4, -0.2) is 38.2 Å². The van der Waals surface area contributed by atoms with E-state index in [1.165, 1.54) is 0 Å². The topological polar surface area (TPSA) is 88.9 Å². The highest BCUT2D eigenvalue weighted by molar-refractivity contribution is 7.73. The van der Waals surface area contributed by atoms with Gasteiger partial charge in [-0.3, -0.25) is 0 Å². The summed E-state index contributed by atoms with van der Waals surface area (Å²) in [5.74, 6) is 0.599. The van der Waals surface area contributed by atoms with Gasteiger partial charge in [0.15, 0.2) is 6.10 Å². The summed E-state index contributed by atoms with van der Waals surface area (Å²) >= 11 is 0. The zero-order chi connectivity index (χ0) is 15.3. The molecule has 0 aliphatic carbocycles. The fourth-order valence-electron chi connectivity index (χ4n) is 3.26. The summed E-state index contributed by atoms with van der Waals surface area (Å²) in [6.07, 6.45) is -0.629. The van der Waals surface area contributed by atoms with Crippen molar-refractivity contribution in [3.05, 3.63) is 29.8 Å². The van der Waals surface area contributed by atoms with Gasteiger partial charge in [0.2, 0.25) is 15.9 Å². The molecule has 0 saturated carbocycles. The van der Waals surface area contributed by atoms with Crippen molar-refractivity contribution in [2.75, 3.05) is 6.61 Å². The van der Waals surface area contributed by atoms with Crippen LogP contribution in [0.3, 0.4) is 0 Å². The first-order chi connectivity index (χ1) is 10.7. The summed E-state index contributed by atoms with van der Waals surface area (Å²) < 4.78 is 39.7. The largest absolute Gasteiger partial charge is 0.484 e. The van der Waals surface area contributed by atoms with E-state index in [9.17, 15) is 13.7 Å². The number of benzene rings is 1. The number of para-hydroxylation sites is 1. The molecule has 4 unspecified atom stereocenters. The van der Waals surface area contributed by atoms with Gasteiger partial charge in [0, 0.05) is 18.4 Å². The van der Waals surface area contributed by atoms with Gasteiger partial charge in [-0.25, -0.2) is 0 Å². The van der Waals surface area contributed by atoms with E-state index in [0.717, 1.165) is 5.56 Å². The number of hydrogen-bond donors (Lipinski definition) is 0. The fraction of sp³-hybridized carbons (Fsp3) is 0.467. The third kappa shape index (κ3) is 1.88. The standard InChI is InChI=1S/C15H13NO5S/c16-8-15-10-3-1-2-4-11(10)20-13(14(15)21-15)12-7-9(22(17)18)5-6-19-12/h1-4,12-14H,5-7H2. The van der Waals surface area contributed by atoms with Crippen molar-refractivity contribution in [1.29, 1.82) is 5.26 Å². The minimum atomic E-state index is -2.21. The molecule has 2 fully saturated rings. The average molecular weight is 319 g/mol. The van der Waals surface area contributed by atoms with E-state index < -0.39 is 34.2 Å². The molecule has 3 aliphatic rings. The van der Waals surface area contributed by atoms with Crippen LogP contribution in [0.4, 0.5) is 0 Å². The van der Waals surface area contributed by atoms with Crippen LogP contribution in [-0.2, 0) is 25.4 Å². The van der Waals surface area contributed by atoms with Crippen LogP contribution in [0.5, 0.6) is 5.75 Å². The van der Waals surface area contributed by atoms with Crippen LogP contribution in [0.2, 0.25) is 0 Å². The van der Waals surface area contributed by atoms with Crippen molar-refractivity contribution in [3.63, 3.8) is 0 Å². The lowest BCUT2D eigenvalue weighted by Crippen LogP contribution is -2.46. The van der Waals surface area contributed by atoms with Crippen molar-refractivity contribution in [3.8, 4) is 11.8 Å². The number of hydrogen-bond acceptors (Lipinski definition) is 6. The summed E-state index contributed by atoms with van der Waals surface area (Å²) in [7, 11) is -2.21. The van der Waals surface area contributed by atoms with Gasteiger partial charge in [-0.05, 0) is 6.07 Å². The van der Waals surface area contributed by atoms with Gasteiger partial charge in [-0.15, -0.1) is 0 Å². The number of fused-ring (bicyclic) bond motifs is 3. The lowest BCUT2D eigenvalue weighted by Gasteiger charge is -2.33. The number of rotatable bonds is 1. The molecule has 0 N–H and O–H groups in total. The number of ether oxygens (including phenoxy) is 3. The maximum Gasteiger partial charge on any atom is 0.213 e. The van der Waals surface area contributed by atoms with Gasteiger partial charge in [0.25, 0.3) is 0 Å². The molecule has 7 heteroatoms. The lowest BCUT2D eigenvalue weighted by molar-refractivity contribution is -0.0384. The maximum absolute atomic E-state index is 11.2. The highest BCUT2D eigenvalue weighted by atomic mass is 32.2.